The lowest BCUT2D eigenvalue weighted by Gasteiger charge is -2.48. The van der Waals surface area contributed by atoms with Crippen molar-refractivity contribution < 1.29 is 5.11 Å². The molecule has 1 N–H and O–H groups in total. The fourth-order valence-electron chi connectivity index (χ4n) is 4.59. The van der Waals surface area contributed by atoms with Gasteiger partial charge in [0.25, 0.3) is 0 Å². The van der Waals surface area contributed by atoms with E-state index in [1.807, 2.05) is 0 Å². The predicted molar refractivity (Wildman–Crippen MR) is 88.3 cm³/mol. The van der Waals surface area contributed by atoms with Crippen molar-refractivity contribution in [3.05, 3.63) is 35.4 Å². The molecule has 0 radical (unpaired) electrons. The first-order valence-electron chi connectivity index (χ1n) is 8.75. The fraction of sp³-hybridized carbons (Fsp3) is 0.700. The van der Waals surface area contributed by atoms with Crippen LogP contribution in [-0.4, -0.2) is 5.11 Å². The van der Waals surface area contributed by atoms with Crippen molar-refractivity contribution >= 4 is 0 Å². The van der Waals surface area contributed by atoms with Gasteiger partial charge in [-0.1, -0.05) is 64.3 Å². The summed E-state index contributed by atoms with van der Waals surface area (Å²) in [7, 11) is 0. The highest BCUT2D eigenvalue weighted by atomic mass is 16.3. The Morgan fingerprint density at radius 3 is 2.33 bits per heavy atom. The Morgan fingerprint density at radius 1 is 1.00 bits per heavy atom. The van der Waals surface area contributed by atoms with Crippen LogP contribution in [-0.2, 0) is 5.60 Å². The van der Waals surface area contributed by atoms with Crippen molar-refractivity contribution in [3.8, 4) is 0 Å². The molecule has 0 heterocycles. The van der Waals surface area contributed by atoms with Crippen LogP contribution in [0.5, 0.6) is 0 Å². The maximum atomic E-state index is 11.7. The maximum absolute atomic E-state index is 11.7. The molecule has 1 aromatic carbocycles. The van der Waals surface area contributed by atoms with E-state index in [1.54, 1.807) is 0 Å². The summed E-state index contributed by atoms with van der Waals surface area (Å²) in [6, 6.07) is 8.74. The highest BCUT2D eigenvalue weighted by Gasteiger charge is 2.47. The maximum Gasteiger partial charge on any atom is 0.0932 e. The third-order valence-corrected chi connectivity index (χ3v) is 5.89. The van der Waals surface area contributed by atoms with E-state index in [0.717, 1.165) is 19.3 Å². The molecule has 2 aliphatic rings. The Labute approximate surface area is 129 Å². The summed E-state index contributed by atoms with van der Waals surface area (Å²) < 4.78 is 0. The van der Waals surface area contributed by atoms with Crippen LogP contribution in [0.2, 0.25) is 0 Å². The molecular formula is C20H30O. The summed E-state index contributed by atoms with van der Waals surface area (Å²) in [5.74, 6) is 1.05. The smallest absolute Gasteiger partial charge is 0.0932 e. The second-order valence-corrected chi connectivity index (χ2v) is 8.30. The van der Waals surface area contributed by atoms with Crippen LogP contribution in [0.1, 0.15) is 82.8 Å². The van der Waals surface area contributed by atoms with Gasteiger partial charge in [-0.05, 0) is 54.1 Å². The van der Waals surface area contributed by atoms with E-state index in [2.05, 4.69) is 45.0 Å². The van der Waals surface area contributed by atoms with Crippen LogP contribution in [0.25, 0.3) is 0 Å². The molecule has 2 unspecified atom stereocenters. The van der Waals surface area contributed by atoms with Crippen LogP contribution >= 0.6 is 0 Å². The molecule has 0 bridgehead atoms. The molecule has 2 saturated carbocycles. The van der Waals surface area contributed by atoms with Crippen LogP contribution in [0.4, 0.5) is 0 Å². The Bertz CT molecular complexity index is 495. The quantitative estimate of drug-likeness (QED) is 0.774. The standard InChI is InChI=1S/C20H30O/c1-19(2,3)18-13-6-7-14-20(18,21)17-12-5-4-11-16(17)15-9-8-10-15/h4-5,11-12,15,18,21H,6-10,13-14H2,1-3H3. The van der Waals surface area contributed by atoms with Gasteiger partial charge in [0.2, 0.25) is 0 Å². The first kappa shape index (κ1) is 15.1. The number of aliphatic hydroxyl groups is 1. The van der Waals surface area contributed by atoms with Crippen LogP contribution in [0.3, 0.4) is 0 Å². The van der Waals surface area contributed by atoms with E-state index in [-0.39, 0.29) is 5.41 Å². The molecule has 21 heavy (non-hydrogen) atoms. The van der Waals surface area contributed by atoms with Crippen molar-refractivity contribution in [2.24, 2.45) is 11.3 Å². The first-order valence-corrected chi connectivity index (χ1v) is 8.75. The molecule has 3 rings (SSSR count). The molecule has 1 aromatic rings. The monoisotopic (exact) mass is 286 g/mol. The molecule has 0 spiro atoms. The molecule has 0 amide bonds. The molecule has 0 aliphatic heterocycles. The minimum atomic E-state index is -0.622. The summed E-state index contributed by atoms with van der Waals surface area (Å²) in [5.41, 5.74) is 2.21. The van der Waals surface area contributed by atoms with E-state index < -0.39 is 5.60 Å². The zero-order valence-electron chi connectivity index (χ0n) is 13.9. The Hall–Kier alpha value is -0.820. The third kappa shape index (κ3) is 2.65. The summed E-state index contributed by atoms with van der Waals surface area (Å²) in [4.78, 5) is 0. The first-order chi connectivity index (χ1) is 9.93. The van der Waals surface area contributed by atoms with Crippen molar-refractivity contribution in [2.45, 2.75) is 77.2 Å². The molecule has 0 aromatic heterocycles. The number of hydrogen-bond acceptors (Lipinski definition) is 1. The van der Waals surface area contributed by atoms with Crippen LogP contribution in [0, 0.1) is 11.3 Å². The molecule has 2 aliphatic carbocycles. The van der Waals surface area contributed by atoms with E-state index >= 15 is 0 Å². The van der Waals surface area contributed by atoms with E-state index in [9.17, 15) is 5.11 Å². The molecule has 2 atom stereocenters. The normalized spacial score (nSPS) is 31.0. The Kier molecular flexibility index (Phi) is 3.90. The second-order valence-electron chi connectivity index (χ2n) is 8.30. The van der Waals surface area contributed by atoms with E-state index in [0.29, 0.717) is 11.8 Å². The van der Waals surface area contributed by atoms with E-state index in [1.165, 1.54) is 36.8 Å². The number of hydrogen-bond donors (Lipinski definition) is 1. The fourth-order valence-corrected chi connectivity index (χ4v) is 4.59. The highest BCUT2D eigenvalue weighted by molar-refractivity contribution is 5.37. The Balaban J connectivity index is 2.03. The van der Waals surface area contributed by atoms with Gasteiger partial charge in [-0.25, -0.2) is 0 Å². The zero-order valence-corrected chi connectivity index (χ0v) is 13.9. The lowest BCUT2D eigenvalue weighted by atomic mass is 9.60. The third-order valence-electron chi connectivity index (χ3n) is 5.89. The van der Waals surface area contributed by atoms with Crippen molar-refractivity contribution in [2.75, 3.05) is 0 Å². The molecule has 1 nitrogen and oxygen atoms in total. The topological polar surface area (TPSA) is 20.2 Å². The van der Waals surface area contributed by atoms with Crippen molar-refractivity contribution in [1.29, 1.82) is 0 Å². The predicted octanol–water partition coefficient (Wildman–Crippen LogP) is 5.38. The van der Waals surface area contributed by atoms with Gasteiger partial charge in [0.15, 0.2) is 0 Å². The van der Waals surface area contributed by atoms with Gasteiger partial charge >= 0.3 is 0 Å². The summed E-state index contributed by atoms with van der Waals surface area (Å²) >= 11 is 0. The van der Waals surface area contributed by atoms with Crippen molar-refractivity contribution in [3.63, 3.8) is 0 Å². The molecule has 1 heteroatoms. The zero-order chi connectivity index (χ0) is 15.1. The average molecular weight is 286 g/mol. The molecule has 2 fully saturated rings. The van der Waals surface area contributed by atoms with Gasteiger partial charge < -0.3 is 5.11 Å². The number of benzene rings is 1. The minimum absolute atomic E-state index is 0.155. The molecule has 116 valence electrons. The van der Waals surface area contributed by atoms with Gasteiger partial charge in [-0.2, -0.15) is 0 Å². The SMILES string of the molecule is CC(C)(C)C1CCCCC1(O)c1ccccc1C1CCC1. The minimum Gasteiger partial charge on any atom is -0.385 e. The lowest BCUT2D eigenvalue weighted by molar-refractivity contribution is -0.0968. The largest absolute Gasteiger partial charge is 0.385 e. The molecule has 0 saturated heterocycles. The Morgan fingerprint density at radius 2 is 1.71 bits per heavy atom. The van der Waals surface area contributed by atoms with Gasteiger partial charge in [0.1, 0.15) is 0 Å². The van der Waals surface area contributed by atoms with Gasteiger partial charge in [0, 0.05) is 0 Å². The lowest BCUT2D eigenvalue weighted by Crippen LogP contribution is -2.45. The van der Waals surface area contributed by atoms with Crippen molar-refractivity contribution in [1.82, 2.24) is 0 Å². The molecular weight excluding hydrogens is 256 g/mol. The van der Waals surface area contributed by atoms with Crippen LogP contribution < -0.4 is 0 Å². The summed E-state index contributed by atoms with van der Waals surface area (Å²) in [6.45, 7) is 6.87. The average Bonchev–Trinajstić information content (AvgIpc) is 2.36. The van der Waals surface area contributed by atoms with Gasteiger partial charge in [-0.15, -0.1) is 0 Å². The second kappa shape index (κ2) is 5.43. The van der Waals surface area contributed by atoms with Gasteiger partial charge in [-0.3, -0.25) is 0 Å². The van der Waals surface area contributed by atoms with Crippen LogP contribution in [0.15, 0.2) is 24.3 Å². The highest BCUT2D eigenvalue weighted by Crippen LogP contribution is 2.52. The summed E-state index contributed by atoms with van der Waals surface area (Å²) in [6.07, 6.45) is 8.44. The number of rotatable bonds is 2. The van der Waals surface area contributed by atoms with Gasteiger partial charge in [0.05, 0.1) is 5.60 Å². The van der Waals surface area contributed by atoms with E-state index in [4.69, 9.17) is 0 Å². The summed E-state index contributed by atoms with van der Waals surface area (Å²) in [5, 5.41) is 11.7.